The summed E-state index contributed by atoms with van der Waals surface area (Å²) in [5, 5.41) is 5.53. The summed E-state index contributed by atoms with van der Waals surface area (Å²) < 4.78 is 0. The highest BCUT2D eigenvalue weighted by atomic mass is 35.5. The molecule has 0 heterocycles. The van der Waals surface area contributed by atoms with Gasteiger partial charge >= 0.3 is 0 Å². The summed E-state index contributed by atoms with van der Waals surface area (Å²) >= 11 is 0. The van der Waals surface area contributed by atoms with E-state index < -0.39 is 0 Å². The van der Waals surface area contributed by atoms with Crippen molar-refractivity contribution in [3.8, 4) is 0 Å². The van der Waals surface area contributed by atoms with Gasteiger partial charge in [0.25, 0.3) is 5.91 Å². The van der Waals surface area contributed by atoms with Crippen LogP contribution in [0.3, 0.4) is 0 Å². The molecule has 0 aliphatic heterocycles. The average Bonchev–Trinajstić information content (AvgIpc) is 2.52. The largest absolute Gasteiger partial charge is 0.355 e. The van der Waals surface area contributed by atoms with Crippen molar-refractivity contribution in [2.75, 3.05) is 7.05 Å². The van der Waals surface area contributed by atoms with Crippen LogP contribution in [-0.2, 0) is 11.3 Å². The molecule has 122 valence electrons. The molecular formula is C16H24ClN3O2. The number of nitrogens with two attached hydrogens (primary N) is 1. The Morgan fingerprint density at radius 3 is 2.50 bits per heavy atom. The van der Waals surface area contributed by atoms with Crippen molar-refractivity contribution in [2.24, 2.45) is 11.7 Å². The molecule has 1 aliphatic rings. The molecule has 2 amide bonds. The van der Waals surface area contributed by atoms with E-state index in [0.29, 0.717) is 12.1 Å². The molecule has 22 heavy (non-hydrogen) atoms. The van der Waals surface area contributed by atoms with Crippen LogP contribution in [0.25, 0.3) is 0 Å². The van der Waals surface area contributed by atoms with Gasteiger partial charge in [-0.15, -0.1) is 12.4 Å². The molecule has 0 radical (unpaired) electrons. The van der Waals surface area contributed by atoms with Crippen molar-refractivity contribution in [3.05, 3.63) is 35.4 Å². The maximum absolute atomic E-state index is 12.1. The van der Waals surface area contributed by atoms with Gasteiger partial charge in [0.1, 0.15) is 0 Å². The first-order valence-electron chi connectivity index (χ1n) is 7.44. The third kappa shape index (κ3) is 5.00. The Hall–Kier alpha value is -1.59. The Bertz CT molecular complexity index is 505. The molecule has 1 fully saturated rings. The van der Waals surface area contributed by atoms with Crippen LogP contribution < -0.4 is 16.4 Å². The van der Waals surface area contributed by atoms with Crippen LogP contribution in [0.5, 0.6) is 0 Å². The number of hydrogen-bond donors (Lipinski definition) is 3. The summed E-state index contributed by atoms with van der Waals surface area (Å²) in [6.07, 6.45) is 3.75. The van der Waals surface area contributed by atoms with Crippen molar-refractivity contribution in [1.29, 1.82) is 0 Å². The molecule has 4 N–H and O–H groups in total. The average molecular weight is 326 g/mol. The van der Waals surface area contributed by atoms with Crippen LogP contribution in [0.2, 0.25) is 0 Å². The molecule has 0 bridgehead atoms. The van der Waals surface area contributed by atoms with E-state index in [9.17, 15) is 9.59 Å². The summed E-state index contributed by atoms with van der Waals surface area (Å²) in [5.41, 5.74) is 7.51. The zero-order valence-electron chi connectivity index (χ0n) is 12.8. The second kappa shape index (κ2) is 8.76. The van der Waals surface area contributed by atoms with Crippen molar-refractivity contribution >= 4 is 24.2 Å². The van der Waals surface area contributed by atoms with E-state index in [4.69, 9.17) is 5.73 Å². The molecule has 5 nitrogen and oxygen atoms in total. The molecule has 0 spiro atoms. The zero-order chi connectivity index (χ0) is 15.2. The Kier molecular flexibility index (Phi) is 7.35. The van der Waals surface area contributed by atoms with E-state index in [1.165, 1.54) is 0 Å². The van der Waals surface area contributed by atoms with Crippen molar-refractivity contribution < 1.29 is 9.59 Å². The minimum Gasteiger partial charge on any atom is -0.355 e. The lowest BCUT2D eigenvalue weighted by molar-refractivity contribution is -0.126. The Morgan fingerprint density at radius 2 is 1.91 bits per heavy atom. The van der Waals surface area contributed by atoms with Gasteiger partial charge in [0, 0.05) is 31.1 Å². The molecule has 1 aliphatic carbocycles. The summed E-state index contributed by atoms with van der Waals surface area (Å²) in [7, 11) is 1.60. The number of benzene rings is 1. The number of nitrogens with one attached hydrogen (secondary N) is 2. The van der Waals surface area contributed by atoms with Crippen LogP contribution in [-0.4, -0.2) is 24.9 Å². The fourth-order valence-corrected chi connectivity index (χ4v) is 2.72. The number of amides is 2. The van der Waals surface area contributed by atoms with E-state index in [1.54, 1.807) is 19.2 Å². The lowest BCUT2D eigenvalue weighted by Crippen LogP contribution is -2.37. The number of halogens is 1. The monoisotopic (exact) mass is 325 g/mol. The normalized spacial score (nSPS) is 20.6. The molecule has 0 aromatic heterocycles. The first-order chi connectivity index (χ1) is 10.1. The van der Waals surface area contributed by atoms with Gasteiger partial charge in [-0.2, -0.15) is 0 Å². The third-order valence-electron chi connectivity index (χ3n) is 4.00. The highest BCUT2D eigenvalue weighted by molar-refractivity contribution is 5.93. The SMILES string of the molecule is CNC(=O)c1ccc(CNC(=O)C2CCCC(N)C2)cc1.Cl. The van der Waals surface area contributed by atoms with Crippen LogP contribution in [0, 0.1) is 5.92 Å². The fourth-order valence-electron chi connectivity index (χ4n) is 2.72. The van der Waals surface area contributed by atoms with Crippen molar-refractivity contribution in [3.63, 3.8) is 0 Å². The second-order valence-corrected chi connectivity index (χ2v) is 5.62. The topological polar surface area (TPSA) is 84.2 Å². The first kappa shape index (κ1) is 18.5. The van der Waals surface area contributed by atoms with Crippen molar-refractivity contribution in [2.45, 2.75) is 38.3 Å². The highest BCUT2D eigenvalue weighted by Gasteiger charge is 2.24. The van der Waals surface area contributed by atoms with Crippen molar-refractivity contribution in [1.82, 2.24) is 10.6 Å². The summed E-state index contributed by atoms with van der Waals surface area (Å²) in [6.45, 7) is 0.485. The smallest absolute Gasteiger partial charge is 0.251 e. The van der Waals surface area contributed by atoms with Gasteiger partial charge in [0.15, 0.2) is 0 Å². The minimum atomic E-state index is -0.109. The summed E-state index contributed by atoms with van der Waals surface area (Å²) in [5.74, 6) is 0.0150. The Morgan fingerprint density at radius 1 is 1.23 bits per heavy atom. The molecule has 2 rings (SSSR count). The third-order valence-corrected chi connectivity index (χ3v) is 4.00. The number of rotatable bonds is 4. The number of carbonyl (C=O) groups is 2. The minimum absolute atomic E-state index is 0. The van der Waals surface area contributed by atoms with Gasteiger partial charge < -0.3 is 16.4 Å². The first-order valence-corrected chi connectivity index (χ1v) is 7.44. The van der Waals surface area contributed by atoms with Gasteiger partial charge in [-0.3, -0.25) is 9.59 Å². The van der Waals surface area contributed by atoms with E-state index >= 15 is 0 Å². The van der Waals surface area contributed by atoms with E-state index in [0.717, 1.165) is 31.2 Å². The molecule has 2 unspecified atom stereocenters. The van der Waals surface area contributed by atoms with Gasteiger partial charge in [0.2, 0.25) is 5.91 Å². The summed E-state index contributed by atoms with van der Waals surface area (Å²) in [4.78, 5) is 23.5. The van der Waals surface area contributed by atoms with Crippen LogP contribution in [0.15, 0.2) is 24.3 Å². The molecular weight excluding hydrogens is 302 g/mol. The molecule has 1 saturated carbocycles. The second-order valence-electron chi connectivity index (χ2n) is 5.62. The van der Waals surface area contributed by atoms with E-state index in [-0.39, 0.29) is 36.2 Å². The lowest BCUT2D eigenvalue weighted by Gasteiger charge is -2.25. The molecule has 1 aromatic rings. The maximum Gasteiger partial charge on any atom is 0.251 e. The lowest BCUT2D eigenvalue weighted by atomic mass is 9.85. The molecule has 6 heteroatoms. The van der Waals surface area contributed by atoms with Gasteiger partial charge in [-0.1, -0.05) is 18.6 Å². The van der Waals surface area contributed by atoms with E-state index in [1.807, 2.05) is 12.1 Å². The molecule has 2 atom stereocenters. The Labute approximate surface area is 137 Å². The maximum atomic E-state index is 12.1. The Balaban J connectivity index is 0.00000242. The van der Waals surface area contributed by atoms with Gasteiger partial charge in [0.05, 0.1) is 0 Å². The zero-order valence-corrected chi connectivity index (χ0v) is 13.6. The van der Waals surface area contributed by atoms with E-state index in [2.05, 4.69) is 10.6 Å². The fraction of sp³-hybridized carbons (Fsp3) is 0.500. The summed E-state index contributed by atoms with van der Waals surface area (Å²) in [6, 6.07) is 7.39. The standard InChI is InChI=1S/C16H23N3O2.ClH/c1-18-15(20)12-7-5-11(6-8-12)10-19-16(21)13-3-2-4-14(17)9-13;/h5-8,13-14H,2-4,9-10,17H2,1H3,(H,18,20)(H,19,21);1H. The predicted octanol–water partition coefficient (Wildman–Crippen LogP) is 1.60. The van der Waals surface area contributed by atoms with Crippen LogP contribution in [0.1, 0.15) is 41.6 Å². The predicted molar refractivity (Wildman–Crippen MR) is 88.9 cm³/mol. The number of carbonyl (C=O) groups excluding carboxylic acids is 2. The van der Waals surface area contributed by atoms with Gasteiger partial charge in [-0.05, 0) is 37.0 Å². The van der Waals surface area contributed by atoms with Crippen LogP contribution >= 0.6 is 12.4 Å². The molecule has 1 aromatic carbocycles. The number of hydrogen-bond acceptors (Lipinski definition) is 3. The van der Waals surface area contributed by atoms with Crippen LogP contribution in [0.4, 0.5) is 0 Å². The molecule has 0 saturated heterocycles. The highest BCUT2D eigenvalue weighted by Crippen LogP contribution is 2.23. The quantitative estimate of drug-likeness (QED) is 0.786. The van der Waals surface area contributed by atoms with Gasteiger partial charge in [-0.25, -0.2) is 0 Å².